The first-order valence-electron chi connectivity index (χ1n) is 8.98. The molecule has 1 unspecified atom stereocenters. The van der Waals surface area contributed by atoms with Crippen molar-refractivity contribution in [3.05, 3.63) is 57.8 Å². The van der Waals surface area contributed by atoms with Crippen LogP contribution < -0.4 is 5.32 Å². The number of benzene rings is 1. The van der Waals surface area contributed by atoms with Gasteiger partial charge in [0.15, 0.2) is 0 Å². The van der Waals surface area contributed by atoms with Gasteiger partial charge >= 0.3 is 11.9 Å². The number of aromatic carboxylic acids is 1. The van der Waals surface area contributed by atoms with Gasteiger partial charge in [0.1, 0.15) is 10.9 Å². The molecule has 1 aromatic carbocycles. The molecule has 1 aliphatic rings. The zero-order chi connectivity index (χ0) is 19.2. The Bertz CT molecular complexity index is 777. The van der Waals surface area contributed by atoms with Crippen LogP contribution in [0.25, 0.3) is 0 Å². The SMILES string of the molecule is CN1CC[C@H](COC(=O)C(NCc2ccc(C(=O)O)s2)c2ccccc2)C1. The lowest BCUT2D eigenvalue weighted by Crippen LogP contribution is -2.31. The summed E-state index contributed by atoms with van der Waals surface area (Å²) < 4.78 is 5.60. The van der Waals surface area contributed by atoms with E-state index in [4.69, 9.17) is 9.84 Å². The van der Waals surface area contributed by atoms with E-state index in [-0.39, 0.29) is 10.8 Å². The summed E-state index contributed by atoms with van der Waals surface area (Å²) >= 11 is 1.20. The molecule has 2 atom stereocenters. The summed E-state index contributed by atoms with van der Waals surface area (Å²) in [5, 5.41) is 12.3. The van der Waals surface area contributed by atoms with E-state index in [1.165, 1.54) is 11.3 Å². The first kappa shape index (κ1) is 19.5. The number of likely N-dealkylation sites (tertiary alicyclic amines) is 1. The van der Waals surface area contributed by atoms with Crippen LogP contribution in [0.3, 0.4) is 0 Å². The molecule has 7 heteroatoms. The van der Waals surface area contributed by atoms with Gasteiger partial charge in [-0.05, 0) is 37.7 Å². The minimum atomic E-state index is -0.938. The second-order valence-corrected chi connectivity index (χ2v) is 8.01. The van der Waals surface area contributed by atoms with Gasteiger partial charge in [0.25, 0.3) is 0 Å². The summed E-state index contributed by atoms with van der Waals surface area (Å²) in [4.78, 5) is 27.1. The van der Waals surface area contributed by atoms with Crippen LogP contribution in [0, 0.1) is 5.92 Å². The lowest BCUT2D eigenvalue weighted by molar-refractivity contribution is -0.147. The van der Waals surface area contributed by atoms with Crippen LogP contribution in [0.2, 0.25) is 0 Å². The lowest BCUT2D eigenvalue weighted by atomic mass is 10.1. The number of ether oxygens (including phenoxy) is 1. The monoisotopic (exact) mass is 388 g/mol. The van der Waals surface area contributed by atoms with E-state index in [0.29, 0.717) is 19.1 Å². The molecule has 27 heavy (non-hydrogen) atoms. The van der Waals surface area contributed by atoms with Gasteiger partial charge in [-0.2, -0.15) is 0 Å². The van der Waals surface area contributed by atoms with E-state index in [1.807, 2.05) is 30.3 Å². The van der Waals surface area contributed by atoms with Crippen molar-refractivity contribution in [1.29, 1.82) is 0 Å². The molecule has 2 aromatic rings. The highest BCUT2D eigenvalue weighted by atomic mass is 32.1. The number of carbonyl (C=O) groups excluding carboxylic acids is 1. The van der Waals surface area contributed by atoms with Crippen molar-refractivity contribution in [2.45, 2.75) is 19.0 Å². The Morgan fingerprint density at radius 2 is 2.07 bits per heavy atom. The van der Waals surface area contributed by atoms with E-state index in [9.17, 15) is 9.59 Å². The summed E-state index contributed by atoms with van der Waals surface area (Å²) in [6.45, 7) is 2.81. The molecular weight excluding hydrogens is 364 g/mol. The van der Waals surface area contributed by atoms with Crippen molar-refractivity contribution in [2.24, 2.45) is 5.92 Å². The third-order valence-electron chi connectivity index (χ3n) is 4.67. The lowest BCUT2D eigenvalue weighted by Gasteiger charge is -2.19. The molecule has 0 bridgehead atoms. The van der Waals surface area contributed by atoms with Crippen molar-refractivity contribution >= 4 is 23.3 Å². The number of rotatable bonds is 8. The van der Waals surface area contributed by atoms with Gasteiger partial charge in [-0.25, -0.2) is 9.59 Å². The summed E-state index contributed by atoms with van der Waals surface area (Å²) in [6.07, 6.45) is 1.04. The molecule has 2 N–H and O–H groups in total. The number of nitrogens with zero attached hydrogens (tertiary/aromatic N) is 1. The van der Waals surface area contributed by atoms with Crippen molar-refractivity contribution in [2.75, 3.05) is 26.7 Å². The highest BCUT2D eigenvalue weighted by Gasteiger charge is 2.25. The number of hydrogen-bond donors (Lipinski definition) is 2. The summed E-state index contributed by atoms with van der Waals surface area (Å²) in [5.74, 6) is -0.858. The molecule has 1 fully saturated rings. The van der Waals surface area contributed by atoms with Crippen LogP contribution in [-0.2, 0) is 16.1 Å². The topological polar surface area (TPSA) is 78.9 Å². The first-order chi connectivity index (χ1) is 13.0. The molecule has 0 saturated carbocycles. The maximum atomic E-state index is 12.7. The van der Waals surface area contributed by atoms with Crippen LogP contribution in [0.1, 0.15) is 32.6 Å². The molecule has 0 aliphatic carbocycles. The quantitative estimate of drug-likeness (QED) is 0.677. The van der Waals surface area contributed by atoms with Gasteiger partial charge in [0, 0.05) is 23.9 Å². The first-order valence-corrected chi connectivity index (χ1v) is 9.80. The Hall–Kier alpha value is -2.22. The predicted octanol–water partition coefficient (Wildman–Crippen LogP) is 2.77. The highest BCUT2D eigenvalue weighted by molar-refractivity contribution is 7.13. The van der Waals surface area contributed by atoms with Crippen LogP contribution in [-0.4, -0.2) is 48.7 Å². The van der Waals surface area contributed by atoms with Crippen LogP contribution in [0.5, 0.6) is 0 Å². The second-order valence-electron chi connectivity index (χ2n) is 6.84. The summed E-state index contributed by atoms with van der Waals surface area (Å²) in [6, 6.07) is 12.2. The molecule has 144 valence electrons. The van der Waals surface area contributed by atoms with Gasteiger partial charge in [-0.3, -0.25) is 5.32 Å². The average Bonchev–Trinajstić information content (AvgIpc) is 3.30. The zero-order valence-corrected chi connectivity index (χ0v) is 16.1. The number of esters is 1. The maximum Gasteiger partial charge on any atom is 0.345 e. The zero-order valence-electron chi connectivity index (χ0n) is 15.3. The van der Waals surface area contributed by atoms with E-state index in [0.717, 1.165) is 30.0 Å². The molecule has 1 aliphatic heterocycles. The number of thiophene rings is 1. The largest absolute Gasteiger partial charge is 0.477 e. The minimum Gasteiger partial charge on any atom is -0.477 e. The number of hydrogen-bond acceptors (Lipinski definition) is 6. The van der Waals surface area contributed by atoms with E-state index >= 15 is 0 Å². The second kappa shape index (κ2) is 9.12. The summed E-state index contributed by atoms with van der Waals surface area (Å²) in [5.41, 5.74) is 0.834. The Morgan fingerprint density at radius 3 is 2.70 bits per heavy atom. The summed E-state index contributed by atoms with van der Waals surface area (Å²) in [7, 11) is 2.07. The molecule has 0 amide bonds. The third-order valence-corrected chi connectivity index (χ3v) is 5.74. The van der Waals surface area contributed by atoms with Gasteiger partial charge in [-0.15, -0.1) is 11.3 Å². The van der Waals surface area contributed by atoms with E-state index < -0.39 is 12.0 Å². The van der Waals surface area contributed by atoms with Gasteiger partial charge in [0.05, 0.1) is 6.61 Å². The molecular formula is C20H24N2O4S. The van der Waals surface area contributed by atoms with E-state index in [1.54, 1.807) is 12.1 Å². The molecule has 1 aromatic heterocycles. The Labute approximate surface area is 162 Å². The third kappa shape index (κ3) is 5.38. The average molecular weight is 388 g/mol. The highest BCUT2D eigenvalue weighted by Crippen LogP contribution is 2.21. The van der Waals surface area contributed by atoms with Crippen LogP contribution in [0.4, 0.5) is 0 Å². The Kier molecular flexibility index (Phi) is 6.60. The Morgan fingerprint density at radius 1 is 1.30 bits per heavy atom. The van der Waals surface area contributed by atoms with Crippen molar-refractivity contribution in [3.63, 3.8) is 0 Å². The van der Waals surface area contributed by atoms with Gasteiger partial charge in [-0.1, -0.05) is 30.3 Å². The number of carbonyl (C=O) groups is 2. The molecule has 6 nitrogen and oxygen atoms in total. The van der Waals surface area contributed by atoms with Crippen LogP contribution >= 0.6 is 11.3 Å². The standard InChI is InChI=1S/C20H24N2O4S/c1-22-10-9-14(12-22)13-26-20(25)18(15-5-3-2-4-6-15)21-11-16-7-8-17(27-16)19(23)24/h2-8,14,18,21H,9-13H2,1H3,(H,23,24)/t14-,18?/m0/s1. The fourth-order valence-corrected chi connectivity index (χ4v) is 4.02. The van der Waals surface area contributed by atoms with Gasteiger partial charge < -0.3 is 14.7 Å². The number of carboxylic acids is 1. The van der Waals surface area contributed by atoms with Gasteiger partial charge in [0.2, 0.25) is 0 Å². The molecule has 1 saturated heterocycles. The molecule has 2 heterocycles. The fourth-order valence-electron chi connectivity index (χ4n) is 3.22. The normalized spacial score (nSPS) is 18.3. The van der Waals surface area contributed by atoms with Crippen molar-refractivity contribution in [1.82, 2.24) is 10.2 Å². The van der Waals surface area contributed by atoms with E-state index in [2.05, 4.69) is 17.3 Å². The van der Waals surface area contributed by atoms with Crippen LogP contribution in [0.15, 0.2) is 42.5 Å². The molecule has 0 radical (unpaired) electrons. The maximum absolute atomic E-state index is 12.7. The van der Waals surface area contributed by atoms with Crippen molar-refractivity contribution in [3.8, 4) is 0 Å². The predicted molar refractivity (Wildman–Crippen MR) is 104 cm³/mol. The fraction of sp³-hybridized carbons (Fsp3) is 0.400. The molecule has 3 rings (SSSR count). The molecule has 0 spiro atoms. The number of carboxylic acid groups (broad SMARTS) is 1. The minimum absolute atomic E-state index is 0.288. The van der Waals surface area contributed by atoms with Crippen molar-refractivity contribution < 1.29 is 19.4 Å². The Balaban J connectivity index is 1.63. The smallest absolute Gasteiger partial charge is 0.345 e. The number of nitrogens with one attached hydrogen (secondary N) is 1.